The van der Waals surface area contributed by atoms with E-state index in [0.717, 1.165) is 30.9 Å². The summed E-state index contributed by atoms with van der Waals surface area (Å²) in [4.78, 5) is 11.7. The molecule has 1 aliphatic rings. The number of ether oxygens (including phenoxy) is 2. The number of esters is 1. The zero-order valence-corrected chi connectivity index (χ0v) is 19.0. The summed E-state index contributed by atoms with van der Waals surface area (Å²) in [5.41, 5.74) is 1.46. The third kappa shape index (κ3) is 9.23. The molecule has 0 amide bonds. The number of hydrogen-bond donors (Lipinski definition) is 0. The highest BCUT2D eigenvalue weighted by Gasteiger charge is 2.22. The van der Waals surface area contributed by atoms with Crippen molar-refractivity contribution in [2.75, 3.05) is 6.61 Å². The predicted molar refractivity (Wildman–Crippen MR) is 120 cm³/mol. The van der Waals surface area contributed by atoms with Crippen molar-refractivity contribution in [1.29, 1.82) is 0 Å². The van der Waals surface area contributed by atoms with E-state index in [-0.39, 0.29) is 12.1 Å². The Kier molecular flexibility index (Phi) is 11.2. The highest BCUT2D eigenvalue weighted by atomic mass is 16.5. The molecule has 0 heterocycles. The maximum atomic E-state index is 11.7. The van der Waals surface area contributed by atoms with Crippen LogP contribution in [0.15, 0.2) is 24.3 Å². The van der Waals surface area contributed by atoms with Crippen LogP contribution in [0.5, 0.6) is 5.75 Å². The van der Waals surface area contributed by atoms with Crippen molar-refractivity contribution in [1.82, 2.24) is 0 Å². The Morgan fingerprint density at radius 1 is 1.00 bits per heavy atom. The molecule has 1 aromatic rings. The highest BCUT2D eigenvalue weighted by Crippen LogP contribution is 2.38. The van der Waals surface area contributed by atoms with E-state index in [1.54, 1.807) is 0 Å². The summed E-state index contributed by atoms with van der Waals surface area (Å²) in [6.07, 6.45) is 14.1. The Bertz CT molecular complexity index is 558. The third-order valence-corrected chi connectivity index (χ3v) is 6.27. The fourth-order valence-electron chi connectivity index (χ4n) is 4.31. The molecule has 0 aliphatic heterocycles. The van der Waals surface area contributed by atoms with Crippen molar-refractivity contribution < 1.29 is 14.3 Å². The Labute approximate surface area is 178 Å². The molecule has 0 radical (unpaired) electrons. The SMILES string of the molecule is CCCCC[C@H]1CC[C@H](c2ccc(OCCC(C)OC(=O)CCCC)cc2)CC1. The number of carbonyl (C=O) groups excluding carboxylic acids is 1. The first-order valence-electron chi connectivity index (χ1n) is 12.0. The lowest BCUT2D eigenvalue weighted by Gasteiger charge is -2.29. The largest absolute Gasteiger partial charge is 0.493 e. The quantitative estimate of drug-likeness (QED) is 0.254. The predicted octanol–water partition coefficient (Wildman–Crippen LogP) is 7.43. The minimum atomic E-state index is -0.0937. The van der Waals surface area contributed by atoms with Gasteiger partial charge in [0, 0.05) is 12.8 Å². The second kappa shape index (κ2) is 13.7. The number of benzene rings is 1. The van der Waals surface area contributed by atoms with Crippen LogP contribution in [0.4, 0.5) is 0 Å². The van der Waals surface area contributed by atoms with Crippen LogP contribution in [0, 0.1) is 5.92 Å². The maximum absolute atomic E-state index is 11.7. The van der Waals surface area contributed by atoms with Crippen molar-refractivity contribution in [2.24, 2.45) is 5.92 Å². The Morgan fingerprint density at radius 3 is 2.34 bits per heavy atom. The molecule has 2 rings (SSSR count). The van der Waals surface area contributed by atoms with Gasteiger partial charge in [0.25, 0.3) is 0 Å². The number of hydrogen-bond acceptors (Lipinski definition) is 3. The maximum Gasteiger partial charge on any atom is 0.306 e. The molecule has 0 bridgehead atoms. The highest BCUT2D eigenvalue weighted by molar-refractivity contribution is 5.69. The van der Waals surface area contributed by atoms with E-state index < -0.39 is 0 Å². The third-order valence-electron chi connectivity index (χ3n) is 6.27. The molecule has 3 nitrogen and oxygen atoms in total. The Morgan fingerprint density at radius 2 is 1.69 bits per heavy atom. The zero-order chi connectivity index (χ0) is 20.9. The van der Waals surface area contributed by atoms with Crippen LogP contribution < -0.4 is 4.74 Å². The number of unbranched alkanes of at least 4 members (excludes halogenated alkanes) is 3. The number of carbonyl (C=O) groups is 1. The first-order chi connectivity index (χ1) is 14.1. The van der Waals surface area contributed by atoms with Gasteiger partial charge in [-0.15, -0.1) is 0 Å². The second-order valence-corrected chi connectivity index (χ2v) is 8.82. The molecule has 1 saturated carbocycles. The van der Waals surface area contributed by atoms with E-state index in [2.05, 4.69) is 38.1 Å². The summed E-state index contributed by atoms with van der Waals surface area (Å²) in [7, 11) is 0. The van der Waals surface area contributed by atoms with Crippen molar-refractivity contribution >= 4 is 5.97 Å². The molecule has 3 heteroatoms. The van der Waals surface area contributed by atoms with Gasteiger partial charge in [-0.2, -0.15) is 0 Å². The Balaban J connectivity index is 1.65. The molecular weight excluding hydrogens is 360 g/mol. The van der Waals surface area contributed by atoms with Gasteiger partial charge in [-0.25, -0.2) is 0 Å². The van der Waals surface area contributed by atoms with Gasteiger partial charge < -0.3 is 9.47 Å². The fourth-order valence-corrected chi connectivity index (χ4v) is 4.31. The zero-order valence-electron chi connectivity index (χ0n) is 19.0. The molecule has 1 fully saturated rings. The van der Waals surface area contributed by atoms with E-state index >= 15 is 0 Å². The molecule has 0 spiro atoms. The van der Waals surface area contributed by atoms with Gasteiger partial charge in [0.05, 0.1) is 6.61 Å². The van der Waals surface area contributed by atoms with Gasteiger partial charge in [-0.3, -0.25) is 4.79 Å². The van der Waals surface area contributed by atoms with Crippen molar-refractivity contribution in [3.05, 3.63) is 29.8 Å². The summed E-state index contributed by atoms with van der Waals surface area (Å²) >= 11 is 0. The first kappa shape index (κ1) is 23.8. The lowest BCUT2D eigenvalue weighted by Crippen LogP contribution is -2.17. The minimum Gasteiger partial charge on any atom is -0.493 e. The summed E-state index contributed by atoms with van der Waals surface area (Å²) in [5, 5.41) is 0. The molecule has 1 unspecified atom stereocenters. The van der Waals surface area contributed by atoms with E-state index in [4.69, 9.17) is 9.47 Å². The lowest BCUT2D eigenvalue weighted by molar-refractivity contribution is -0.148. The van der Waals surface area contributed by atoms with Crippen LogP contribution in [0.2, 0.25) is 0 Å². The molecule has 0 N–H and O–H groups in total. The molecule has 0 saturated heterocycles. The van der Waals surface area contributed by atoms with E-state index in [1.807, 2.05) is 6.92 Å². The normalized spacial score (nSPS) is 20.2. The van der Waals surface area contributed by atoms with Crippen molar-refractivity contribution in [3.63, 3.8) is 0 Å². The number of rotatable bonds is 13. The van der Waals surface area contributed by atoms with Gasteiger partial charge in [-0.1, -0.05) is 58.1 Å². The Hall–Kier alpha value is -1.51. The monoisotopic (exact) mass is 402 g/mol. The van der Waals surface area contributed by atoms with E-state index in [0.29, 0.717) is 18.9 Å². The molecule has 1 atom stereocenters. The van der Waals surface area contributed by atoms with Crippen LogP contribution in [-0.4, -0.2) is 18.7 Å². The van der Waals surface area contributed by atoms with Crippen LogP contribution in [-0.2, 0) is 9.53 Å². The van der Waals surface area contributed by atoms with Gasteiger partial charge in [0.15, 0.2) is 0 Å². The van der Waals surface area contributed by atoms with E-state index in [1.165, 1.54) is 56.9 Å². The summed E-state index contributed by atoms with van der Waals surface area (Å²) < 4.78 is 11.3. The average molecular weight is 403 g/mol. The summed E-state index contributed by atoms with van der Waals surface area (Å²) in [6, 6.07) is 8.68. The van der Waals surface area contributed by atoms with Gasteiger partial charge in [-0.05, 0) is 68.6 Å². The van der Waals surface area contributed by atoms with Crippen LogP contribution >= 0.6 is 0 Å². The minimum absolute atomic E-state index is 0.0915. The van der Waals surface area contributed by atoms with Gasteiger partial charge in [0.1, 0.15) is 11.9 Å². The van der Waals surface area contributed by atoms with Crippen molar-refractivity contribution in [3.8, 4) is 5.75 Å². The standard InChI is InChI=1S/C26H42O3/c1-4-6-8-9-22-11-13-23(14-12-22)24-15-17-25(18-16-24)28-20-19-21(3)29-26(27)10-7-5-2/h15-18,21-23H,4-14,19-20H2,1-3H3/t21?,22-,23-. The molecule has 1 aromatic carbocycles. The van der Waals surface area contributed by atoms with Gasteiger partial charge >= 0.3 is 5.97 Å². The molecule has 1 aliphatic carbocycles. The van der Waals surface area contributed by atoms with Crippen LogP contribution in [0.1, 0.15) is 109 Å². The van der Waals surface area contributed by atoms with Crippen molar-refractivity contribution in [2.45, 2.75) is 110 Å². The smallest absolute Gasteiger partial charge is 0.306 e. The summed E-state index contributed by atoms with van der Waals surface area (Å²) in [5.74, 6) is 2.49. The molecule has 29 heavy (non-hydrogen) atoms. The molecular formula is C26H42O3. The molecule has 0 aromatic heterocycles. The van der Waals surface area contributed by atoms with E-state index in [9.17, 15) is 4.79 Å². The summed E-state index contributed by atoms with van der Waals surface area (Å²) in [6.45, 7) is 6.88. The van der Waals surface area contributed by atoms with Crippen LogP contribution in [0.3, 0.4) is 0 Å². The molecule has 164 valence electrons. The second-order valence-electron chi connectivity index (χ2n) is 8.82. The van der Waals surface area contributed by atoms with Crippen LogP contribution in [0.25, 0.3) is 0 Å². The topological polar surface area (TPSA) is 35.5 Å². The lowest BCUT2D eigenvalue weighted by atomic mass is 9.77. The first-order valence-corrected chi connectivity index (χ1v) is 12.0. The average Bonchev–Trinajstić information content (AvgIpc) is 2.73. The fraction of sp³-hybridized carbons (Fsp3) is 0.731. The van der Waals surface area contributed by atoms with Gasteiger partial charge in [0.2, 0.25) is 0 Å².